The van der Waals surface area contributed by atoms with Gasteiger partial charge in [-0.2, -0.15) is 52.7 Å². The van der Waals surface area contributed by atoms with E-state index in [9.17, 15) is 144 Å². The van der Waals surface area contributed by atoms with Gasteiger partial charge >= 0.3 is 120 Å². The van der Waals surface area contributed by atoms with Crippen molar-refractivity contribution >= 4 is 202 Å². The van der Waals surface area contributed by atoms with Gasteiger partial charge in [0.1, 0.15) is 106 Å². The molecule has 16 N–H and O–H groups in total. The van der Waals surface area contributed by atoms with Gasteiger partial charge in [0.2, 0.25) is 70.9 Å². The molecule has 4 aromatic carbocycles. The van der Waals surface area contributed by atoms with E-state index in [1.807, 2.05) is 13.8 Å². The summed E-state index contributed by atoms with van der Waals surface area (Å²) in [7, 11) is -30.8. The molecule has 4 aromatic rings. The van der Waals surface area contributed by atoms with Crippen LogP contribution in [0.4, 0.5) is 52.7 Å². The quantitative estimate of drug-likeness (QED) is 0.0150. The van der Waals surface area contributed by atoms with Crippen LogP contribution in [0.5, 0.6) is 5.75 Å². The minimum Gasteiger partial charge on any atom is -1.00 e. The van der Waals surface area contributed by atoms with E-state index in [0.717, 1.165) is 0 Å². The van der Waals surface area contributed by atoms with Gasteiger partial charge in [-0.1, -0.05) is 141 Å². The number of amides is 12. The number of fused-ring (bicyclic) bond motifs is 1. The van der Waals surface area contributed by atoms with Crippen molar-refractivity contribution in [2.75, 3.05) is 13.1 Å². The number of sulfone groups is 4. The maximum Gasteiger partial charge on any atom is 2.00 e. The first-order valence-electron chi connectivity index (χ1n) is 37.0. The van der Waals surface area contributed by atoms with Crippen molar-refractivity contribution in [1.82, 2.24) is 52.8 Å². The van der Waals surface area contributed by atoms with Crippen LogP contribution in [0.3, 0.4) is 0 Å². The number of phenolic OH excluding ortho intramolecular Hbond substituents is 1. The van der Waals surface area contributed by atoms with E-state index >= 15 is 4.79 Å². The van der Waals surface area contributed by atoms with Crippen LogP contribution in [0.2, 0.25) is 0 Å². The molecule has 2 saturated heterocycles. The van der Waals surface area contributed by atoms with E-state index in [2.05, 4.69) is 47.9 Å². The Morgan fingerprint density at radius 3 is 1.12 bits per heavy atom. The van der Waals surface area contributed by atoms with Crippen LogP contribution in [0.1, 0.15) is 101 Å². The van der Waals surface area contributed by atoms with E-state index in [4.69, 9.17) is 17.2 Å². The first-order valence-corrected chi connectivity index (χ1v) is 43.1. The molecule has 6 rings (SSSR count). The predicted molar refractivity (Wildman–Crippen MR) is 433 cm³/mol. The van der Waals surface area contributed by atoms with Gasteiger partial charge in [-0.25, -0.2) is 0 Å². The fourth-order valence-electron chi connectivity index (χ4n) is 12.1. The van der Waals surface area contributed by atoms with Crippen molar-refractivity contribution in [3.8, 4) is 5.75 Å². The van der Waals surface area contributed by atoms with Crippen LogP contribution < -0.4 is 115 Å². The number of nitrogens with two attached hydrogens (primary N) is 3. The number of nitrogens with zero attached hydrogens (tertiary/aromatic N) is 1. The summed E-state index contributed by atoms with van der Waals surface area (Å²) in [6.07, 6.45) is -1.75. The number of aromatic hydroxyl groups is 1. The Morgan fingerprint density at radius 1 is 0.427 bits per heavy atom. The summed E-state index contributed by atoms with van der Waals surface area (Å²) in [5, 5.41) is 13.7. The summed E-state index contributed by atoms with van der Waals surface area (Å²) < 4.78 is 239. The van der Waals surface area contributed by atoms with Crippen molar-refractivity contribution in [3.05, 3.63) is 148 Å². The third kappa shape index (κ3) is 37.5. The zero-order valence-electron chi connectivity index (χ0n) is 69.8. The SMILES string of the molecule is CC(C)C[C@@H]1NC(=O)[C@H](CCCN)NC(=O)[C@H](C(C)C)NC(=O)[C@H](Cc2ccc(O)cc2)NC(=O)[C@H](CCC(N)=O)NC(=O)[C@H](CC(N)=O)NC(=O)[C@@H](Cc2ccccc2)NC(=O)[C@H](Cc2ccccc2)NC(=O)[C@@H]2CCCN2C(=O)[C@@H](Cc2ccccc2)NC1=O.O=S(=O)([CH-]S(=O)(=O)C(F)(F)C(F)(F)C(F)(F)S(=O)(=O)[CH-]S(=O)(=O)C(F)(F)F)C(F)(F)F.[Cl-].[Cl-].[Cl-].[Cl-].[Mg+2].[Mg+2].[Mg+2].[Mg+2]. The molecule has 0 aliphatic carbocycles. The molecule has 2 aliphatic heterocycles. The average Bonchev–Trinajstić information content (AvgIpc) is 0.839. The molecule has 34 nitrogen and oxygen atoms in total. The van der Waals surface area contributed by atoms with Crippen LogP contribution in [-0.4, -0.2) is 308 Å². The summed E-state index contributed by atoms with van der Waals surface area (Å²) in [6, 6.07) is 16.9. The zero-order chi connectivity index (χ0) is 92.9. The molecule has 2 heterocycles. The Hall–Kier alpha value is -6.54. The second-order valence-electron chi connectivity index (χ2n) is 29.0. The zero-order valence-corrected chi connectivity index (χ0v) is 81.7. The van der Waals surface area contributed by atoms with Crippen LogP contribution in [0.25, 0.3) is 0 Å². The fraction of sp³-hybridized carbons (Fsp3) is 0.479. The van der Waals surface area contributed by atoms with Gasteiger partial charge in [0.05, 0.1) is 6.42 Å². The largest absolute Gasteiger partial charge is 2.00 e. The molecule has 0 radical (unpaired) electrons. The van der Waals surface area contributed by atoms with E-state index < -0.39 is 233 Å². The summed E-state index contributed by atoms with van der Waals surface area (Å²) in [5.74, 6) is -19.8. The van der Waals surface area contributed by atoms with Gasteiger partial charge in [0, 0.05) is 38.6 Å². The third-order valence-electron chi connectivity index (χ3n) is 18.4. The number of benzene rings is 4. The molecule has 58 heteroatoms. The van der Waals surface area contributed by atoms with E-state index in [0.29, 0.717) is 28.7 Å². The third-order valence-corrected chi connectivity index (χ3v) is 25.7. The van der Waals surface area contributed by atoms with Gasteiger partial charge in [-0.3, -0.25) is 91.2 Å². The van der Waals surface area contributed by atoms with Crippen LogP contribution in [0, 0.1) is 22.0 Å². The van der Waals surface area contributed by atoms with Crippen LogP contribution >= 0.6 is 0 Å². The monoisotopic (exact) mass is 2080 g/mol. The molecule has 2 fully saturated rings. The molecule has 131 heavy (non-hydrogen) atoms. The fourth-order valence-corrected chi connectivity index (χ4v) is 17.6. The molecule has 10 atom stereocenters. The van der Waals surface area contributed by atoms with Gasteiger partial charge < -0.3 is 125 Å². The molecule has 714 valence electrons. The molecule has 0 unspecified atom stereocenters. The average molecular weight is 2080 g/mol. The number of hydrogen-bond acceptors (Lipinski definition) is 22. The normalized spacial score (nSPS) is 20.7. The number of rotatable bonds is 27. The van der Waals surface area contributed by atoms with Gasteiger partial charge in [0.25, 0.3) is 0 Å². The number of phenols is 1. The van der Waals surface area contributed by atoms with Gasteiger partial charge in [-0.05, 0) is 91.3 Å². The molecular weight excluding hydrogens is 1990 g/mol. The number of primary amides is 2. The molecule has 0 aromatic heterocycles. The summed E-state index contributed by atoms with van der Waals surface area (Å²) in [5.41, 5.74) is 5.76. The first kappa shape index (κ1) is 131. The minimum absolute atomic E-state index is 0. The van der Waals surface area contributed by atoms with Crippen molar-refractivity contribution in [2.45, 2.75) is 193 Å². The number of hydrogen-bond donors (Lipinski definition) is 13. The van der Waals surface area contributed by atoms with E-state index in [-0.39, 0.29) is 218 Å². The minimum atomic E-state index is -8.02. The van der Waals surface area contributed by atoms with Crippen LogP contribution in [-0.2, 0) is 123 Å². The number of carbonyl (C=O) groups is 12. The standard InChI is InChI=1S/C66H87N13O13.C7H2F12O8S4.4ClH.4Mg/c1-38(2)32-47-59(85)77-52(36-42-20-12-7-13-21-42)66(92)79-31-15-23-53(79)64(90)76-49(34-41-18-10-6-11-19-41)61(87)74-48(33-40-16-8-5-9-17-40)60(86)75-51(37-55(69)82)62(88)70-46(28-29-54(68)81)58(84)73-50(35-43-24-26-44(80)27-25-43)63(89)78-56(39(3)4)65(91)71-45(22-14-30-67)57(83)72-47;8-3(9,4(10,11)28(20,21)1-30(24,25)6(14,15)16)5(12,13)29(22,23)2-31(26,27)7(17,18)19;;;;;;;;/h5-13,16-21,24-27,38-39,45-53,56,80H,14-15,22-23,28-37,67H2,1-4H3,(H2,68,81)(H2,69,82)(H,70,88)(H,71,91)(H,72,83)(H,73,84)(H,74,87)(H,75,86)(H,76,90)(H,77,85)(H,78,89);1-2H;4*1H;;;;/q;-2;;;;;4*+2/p-4/t45-,46-,47-,48+,49-,50-,51-,52+,53-,56-;;;;;;;;;/m0........./s1. The molecule has 12 amide bonds. The topological polar surface area (TPSA) is 551 Å². The van der Waals surface area contributed by atoms with Crippen LogP contribution in [0.15, 0.2) is 115 Å². The Labute approximate surface area is 834 Å². The van der Waals surface area contributed by atoms with Crippen molar-refractivity contribution in [1.29, 1.82) is 0 Å². The van der Waals surface area contributed by atoms with E-state index in [1.54, 1.807) is 105 Å². The predicted octanol–water partition coefficient (Wildman–Crippen LogP) is -12.2. The molecular formula is C73H89Cl4F12Mg4N13O21S4+2. The van der Waals surface area contributed by atoms with Gasteiger partial charge in [-0.15, -0.1) is 0 Å². The number of halogens is 16. The Morgan fingerprint density at radius 2 is 0.748 bits per heavy atom. The second-order valence-corrected chi connectivity index (χ2v) is 36.8. The van der Waals surface area contributed by atoms with Crippen molar-refractivity contribution < 1.29 is 199 Å². The summed E-state index contributed by atoms with van der Waals surface area (Å²) in [6.45, 7) is 7.05. The number of carbonyl (C=O) groups excluding carboxylic acids is 12. The maximum absolute atomic E-state index is 15.1. The molecule has 2 aliphatic rings. The Kier molecular flexibility index (Phi) is 56.1. The molecule has 0 bridgehead atoms. The van der Waals surface area contributed by atoms with E-state index in [1.165, 1.54) is 29.2 Å². The maximum atomic E-state index is 15.1. The molecule has 0 saturated carbocycles. The second kappa shape index (κ2) is 56.2. The number of alkyl halides is 12. The number of nitrogens with one attached hydrogen (secondary N) is 9. The Bertz CT molecular complexity index is 4880. The molecule has 0 spiro atoms. The van der Waals surface area contributed by atoms with Gasteiger partial charge in [0.15, 0.2) is 0 Å². The van der Waals surface area contributed by atoms with Crippen molar-refractivity contribution in [2.24, 2.45) is 29.0 Å². The Balaban J connectivity index is -0.00000177. The smallest absolute Gasteiger partial charge is 1.00 e. The summed E-state index contributed by atoms with van der Waals surface area (Å²) >= 11 is 0. The summed E-state index contributed by atoms with van der Waals surface area (Å²) in [4.78, 5) is 174. The van der Waals surface area contributed by atoms with Crippen molar-refractivity contribution in [3.63, 3.8) is 0 Å². The first-order chi connectivity index (χ1) is 56.8.